The molecule has 2 aromatic carbocycles. The van der Waals surface area contributed by atoms with Crippen LogP contribution in [0.5, 0.6) is 0 Å². The summed E-state index contributed by atoms with van der Waals surface area (Å²) in [4.78, 5) is 18.3. The molecule has 1 aliphatic heterocycles. The van der Waals surface area contributed by atoms with Crippen LogP contribution in [0.2, 0.25) is 0 Å². The second-order valence-corrected chi connectivity index (χ2v) is 8.42. The lowest BCUT2D eigenvalue weighted by atomic mass is 9.87. The van der Waals surface area contributed by atoms with Gasteiger partial charge in [-0.1, -0.05) is 13.0 Å². The Balaban J connectivity index is 2.00. The first kappa shape index (κ1) is 20.8. The van der Waals surface area contributed by atoms with Crippen molar-refractivity contribution in [2.45, 2.75) is 53.5 Å². The fraction of sp³-hybridized carbons (Fsp3) is 0.360. The van der Waals surface area contributed by atoms with Crippen LogP contribution in [0.1, 0.15) is 66.7 Å². The van der Waals surface area contributed by atoms with Crippen molar-refractivity contribution in [3.63, 3.8) is 0 Å². The van der Waals surface area contributed by atoms with Crippen LogP contribution in [0, 0.1) is 13.8 Å². The molecule has 0 saturated carbocycles. The number of hydrogen-bond donors (Lipinski definition) is 1. The molecule has 29 heavy (non-hydrogen) atoms. The molecule has 1 N–H and O–H groups in total. The summed E-state index contributed by atoms with van der Waals surface area (Å²) in [7, 11) is 0. The van der Waals surface area contributed by atoms with Gasteiger partial charge in [-0.3, -0.25) is 4.99 Å². The summed E-state index contributed by atoms with van der Waals surface area (Å²) >= 11 is 0. The van der Waals surface area contributed by atoms with Gasteiger partial charge in [-0.05, 0) is 93.6 Å². The van der Waals surface area contributed by atoms with Gasteiger partial charge in [0.1, 0.15) is 0 Å². The summed E-state index contributed by atoms with van der Waals surface area (Å²) in [5.74, 6) is -0.920. The number of aromatic carboxylic acids is 1. The molecule has 1 heterocycles. The van der Waals surface area contributed by atoms with Crippen molar-refractivity contribution in [3.8, 4) is 0 Å². The van der Waals surface area contributed by atoms with Gasteiger partial charge in [0.05, 0.1) is 16.8 Å². The Hall–Kier alpha value is -2.88. The smallest absolute Gasteiger partial charge is 0.335 e. The fourth-order valence-electron chi connectivity index (χ4n) is 4.09. The van der Waals surface area contributed by atoms with E-state index in [1.807, 2.05) is 13.1 Å². The predicted molar refractivity (Wildman–Crippen MR) is 122 cm³/mol. The predicted octanol–water partition coefficient (Wildman–Crippen LogP) is 6.16. The lowest BCUT2D eigenvalue weighted by Crippen LogP contribution is -2.45. The van der Waals surface area contributed by atoms with Crippen molar-refractivity contribution in [1.29, 1.82) is 0 Å². The quantitative estimate of drug-likeness (QED) is 0.622. The first-order chi connectivity index (χ1) is 13.6. The molecule has 0 bridgehead atoms. The zero-order valence-corrected chi connectivity index (χ0v) is 18.2. The Kier molecular flexibility index (Phi) is 5.65. The van der Waals surface area contributed by atoms with E-state index in [2.05, 4.69) is 62.7 Å². The van der Waals surface area contributed by atoms with E-state index >= 15 is 0 Å². The average molecular weight is 391 g/mol. The van der Waals surface area contributed by atoms with E-state index < -0.39 is 5.97 Å². The molecule has 0 aliphatic carbocycles. The van der Waals surface area contributed by atoms with Crippen LogP contribution in [-0.4, -0.2) is 29.4 Å². The minimum atomic E-state index is -0.920. The third-order valence-corrected chi connectivity index (χ3v) is 5.60. The molecule has 3 rings (SSSR count). The molecule has 4 nitrogen and oxygen atoms in total. The fourth-order valence-corrected chi connectivity index (χ4v) is 4.09. The number of nitrogens with zero attached hydrogens (tertiary/aromatic N) is 2. The van der Waals surface area contributed by atoms with Crippen LogP contribution in [0.3, 0.4) is 0 Å². The number of carbonyl (C=O) groups is 1. The Morgan fingerprint density at radius 3 is 2.48 bits per heavy atom. The van der Waals surface area contributed by atoms with Crippen molar-refractivity contribution in [3.05, 3.63) is 64.2 Å². The van der Waals surface area contributed by atoms with Gasteiger partial charge in [0.25, 0.3) is 0 Å². The monoisotopic (exact) mass is 390 g/mol. The van der Waals surface area contributed by atoms with E-state index in [0.717, 1.165) is 29.8 Å². The highest BCUT2D eigenvalue weighted by Crippen LogP contribution is 2.40. The van der Waals surface area contributed by atoms with Gasteiger partial charge < -0.3 is 10.0 Å². The van der Waals surface area contributed by atoms with Crippen LogP contribution in [0.25, 0.3) is 5.57 Å². The number of benzene rings is 2. The van der Waals surface area contributed by atoms with Crippen LogP contribution < -0.4 is 4.90 Å². The molecule has 0 spiro atoms. The maximum Gasteiger partial charge on any atom is 0.335 e. The van der Waals surface area contributed by atoms with Crippen LogP contribution >= 0.6 is 0 Å². The Bertz CT molecular complexity index is 1020. The number of fused-ring (bicyclic) bond motifs is 1. The molecular weight excluding hydrogens is 360 g/mol. The van der Waals surface area contributed by atoms with Gasteiger partial charge in [-0.15, -0.1) is 0 Å². The topological polar surface area (TPSA) is 52.9 Å². The third kappa shape index (κ3) is 4.12. The molecular formula is C25H30N2O2. The highest BCUT2D eigenvalue weighted by Gasteiger charge is 2.31. The normalized spacial score (nSPS) is 15.4. The molecule has 152 valence electrons. The molecule has 0 fully saturated rings. The molecule has 0 saturated heterocycles. The van der Waals surface area contributed by atoms with E-state index in [0.29, 0.717) is 0 Å². The SMILES string of the molecule is CCCN1c2cc(C)c(C=Nc3ccc(C(=O)O)cc3C)cc2C(C)=CC1(C)C. The van der Waals surface area contributed by atoms with Gasteiger partial charge in [0.2, 0.25) is 0 Å². The first-order valence-electron chi connectivity index (χ1n) is 10.1. The van der Waals surface area contributed by atoms with Gasteiger partial charge in [0, 0.05) is 24.0 Å². The number of carboxylic acids is 1. The summed E-state index contributed by atoms with van der Waals surface area (Å²) in [6, 6.07) is 9.51. The number of rotatable bonds is 5. The molecule has 0 radical (unpaired) electrons. The molecule has 0 unspecified atom stereocenters. The number of aryl methyl sites for hydroxylation is 2. The zero-order valence-electron chi connectivity index (χ0n) is 18.2. The minimum Gasteiger partial charge on any atom is -0.478 e. The second kappa shape index (κ2) is 7.86. The molecule has 1 aliphatic rings. The highest BCUT2D eigenvalue weighted by molar-refractivity contribution is 5.91. The Morgan fingerprint density at radius 1 is 1.14 bits per heavy atom. The summed E-state index contributed by atoms with van der Waals surface area (Å²) in [6.07, 6.45) is 5.33. The summed E-state index contributed by atoms with van der Waals surface area (Å²) < 4.78 is 0. The van der Waals surface area contributed by atoms with Gasteiger partial charge in [0.15, 0.2) is 0 Å². The zero-order chi connectivity index (χ0) is 21.3. The van der Waals surface area contributed by atoms with Gasteiger partial charge >= 0.3 is 5.97 Å². The van der Waals surface area contributed by atoms with Crippen molar-refractivity contribution in [2.24, 2.45) is 4.99 Å². The molecule has 0 atom stereocenters. The number of allylic oxidation sites excluding steroid dienone is 1. The maximum absolute atomic E-state index is 11.1. The van der Waals surface area contributed by atoms with E-state index in [-0.39, 0.29) is 11.1 Å². The molecule has 0 amide bonds. The van der Waals surface area contributed by atoms with E-state index in [4.69, 9.17) is 5.11 Å². The molecule has 0 aromatic heterocycles. The van der Waals surface area contributed by atoms with E-state index in [9.17, 15) is 4.79 Å². The number of carboxylic acid groups (broad SMARTS) is 1. The van der Waals surface area contributed by atoms with Crippen molar-refractivity contribution in [2.75, 3.05) is 11.4 Å². The van der Waals surface area contributed by atoms with Crippen molar-refractivity contribution in [1.82, 2.24) is 0 Å². The van der Waals surface area contributed by atoms with E-state index in [1.54, 1.807) is 18.2 Å². The summed E-state index contributed by atoms with van der Waals surface area (Å²) in [5, 5.41) is 9.13. The summed E-state index contributed by atoms with van der Waals surface area (Å²) in [5.41, 5.74) is 8.00. The minimum absolute atomic E-state index is 0.00185. The van der Waals surface area contributed by atoms with Crippen molar-refractivity contribution >= 4 is 29.1 Å². The van der Waals surface area contributed by atoms with Crippen LogP contribution in [0.4, 0.5) is 11.4 Å². The lowest BCUT2D eigenvalue weighted by molar-refractivity contribution is 0.0697. The van der Waals surface area contributed by atoms with E-state index in [1.165, 1.54) is 22.4 Å². The van der Waals surface area contributed by atoms with Crippen LogP contribution in [-0.2, 0) is 0 Å². The highest BCUT2D eigenvalue weighted by atomic mass is 16.4. The average Bonchev–Trinajstić information content (AvgIpc) is 2.64. The third-order valence-electron chi connectivity index (χ3n) is 5.60. The Morgan fingerprint density at radius 2 is 1.86 bits per heavy atom. The maximum atomic E-state index is 11.1. The van der Waals surface area contributed by atoms with Crippen LogP contribution in [0.15, 0.2) is 41.4 Å². The standard InChI is InChI=1S/C25H30N2O2/c1-7-10-27-23-12-16(2)20(13-21(23)18(4)14-25(27,5)6)15-26-22-9-8-19(24(28)29)11-17(22)3/h8-9,11-15H,7,10H2,1-6H3,(H,28,29). The largest absolute Gasteiger partial charge is 0.478 e. The second-order valence-electron chi connectivity index (χ2n) is 8.42. The molecule has 2 aromatic rings. The Labute approximate surface area is 173 Å². The first-order valence-corrected chi connectivity index (χ1v) is 10.1. The number of anilines is 1. The lowest BCUT2D eigenvalue weighted by Gasteiger charge is -2.43. The number of aliphatic imine (C=N–C) groups is 1. The number of hydrogen-bond acceptors (Lipinski definition) is 3. The van der Waals surface area contributed by atoms with Gasteiger partial charge in [-0.2, -0.15) is 0 Å². The van der Waals surface area contributed by atoms with Crippen molar-refractivity contribution < 1.29 is 9.90 Å². The summed E-state index contributed by atoms with van der Waals surface area (Å²) in [6.45, 7) is 13.9. The van der Waals surface area contributed by atoms with Gasteiger partial charge in [-0.25, -0.2) is 4.79 Å². The molecule has 4 heteroatoms.